The molecule has 1 aromatic heterocycles. The molecule has 7 nitrogen and oxygen atoms in total. The van der Waals surface area contributed by atoms with Crippen LogP contribution < -0.4 is 5.69 Å². The van der Waals surface area contributed by atoms with Crippen molar-refractivity contribution in [2.75, 3.05) is 11.5 Å². The Balaban J connectivity index is 2.01. The summed E-state index contributed by atoms with van der Waals surface area (Å²) in [6.45, 7) is 0.279. The van der Waals surface area contributed by atoms with E-state index in [4.69, 9.17) is 5.11 Å². The number of carboxylic acid groups (broad SMARTS) is 1. The van der Waals surface area contributed by atoms with Crippen molar-refractivity contribution in [2.45, 2.75) is 13.0 Å². The molecule has 2 heterocycles. The van der Waals surface area contributed by atoms with Gasteiger partial charge in [0.25, 0.3) is 0 Å². The number of rotatable bonds is 3. The lowest BCUT2D eigenvalue weighted by atomic mass is 10.1. The zero-order chi connectivity index (χ0) is 15.2. The SMILES string of the molecule is O=C(O)c1ccc2[nH]c(=O)n(CC3CCS(=O)(=O)C3)c2c1. The zero-order valence-corrected chi connectivity index (χ0v) is 11.9. The summed E-state index contributed by atoms with van der Waals surface area (Å²) in [5, 5.41) is 9.02. The van der Waals surface area contributed by atoms with Crippen molar-refractivity contribution in [3.8, 4) is 0 Å². The van der Waals surface area contributed by atoms with E-state index in [1.165, 1.54) is 16.7 Å². The normalized spacial score (nSPS) is 20.9. The van der Waals surface area contributed by atoms with Crippen LogP contribution in [0, 0.1) is 5.92 Å². The summed E-state index contributed by atoms with van der Waals surface area (Å²) in [4.78, 5) is 25.6. The van der Waals surface area contributed by atoms with Crippen molar-refractivity contribution in [3.05, 3.63) is 34.2 Å². The first-order valence-electron chi connectivity index (χ1n) is 6.52. The van der Waals surface area contributed by atoms with Gasteiger partial charge in [0, 0.05) is 6.54 Å². The number of nitrogens with zero attached hydrogens (tertiary/aromatic N) is 1. The van der Waals surface area contributed by atoms with Gasteiger partial charge in [0.2, 0.25) is 0 Å². The van der Waals surface area contributed by atoms with Gasteiger partial charge in [0.15, 0.2) is 9.84 Å². The van der Waals surface area contributed by atoms with Crippen molar-refractivity contribution < 1.29 is 18.3 Å². The summed E-state index contributed by atoms with van der Waals surface area (Å²) >= 11 is 0. The molecule has 0 aliphatic carbocycles. The number of nitrogens with one attached hydrogen (secondary N) is 1. The van der Waals surface area contributed by atoms with Gasteiger partial charge in [-0.2, -0.15) is 0 Å². The van der Waals surface area contributed by atoms with Gasteiger partial charge in [0.1, 0.15) is 0 Å². The molecule has 0 bridgehead atoms. The second-order valence-corrected chi connectivity index (χ2v) is 7.58. The predicted molar refractivity (Wildman–Crippen MR) is 76.3 cm³/mol. The Kier molecular flexibility index (Phi) is 3.12. The number of fused-ring (bicyclic) bond motifs is 1. The van der Waals surface area contributed by atoms with Crippen molar-refractivity contribution >= 4 is 26.8 Å². The summed E-state index contributed by atoms with van der Waals surface area (Å²) in [6, 6.07) is 4.39. The highest BCUT2D eigenvalue weighted by Gasteiger charge is 2.28. The Morgan fingerprint density at radius 2 is 2.19 bits per heavy atom. The third-order valence-electron chi connectivity index (χ3n) is 3.79. The van der Waals surface area contributed by atoms with Gasteiger partial charge < -0.3 is 10.1 Å². The standard InChI is InChI=1S/C13H14N2O5S/c16-12(17)9-1-2-10-11(5-9)15(13(18)14-10)6-8-3-4-21(19,20)7-8/h1-2,5,8H,3-4,6-7H2,(H,14,18)(H,16,17). The van der Waals surface area contributed by atoms with Crippen LogP contribution in [-0.4, -0.2) is 40.6 Å². The van der Waals surface area contributed by atoms with Crippen LogP contribution >= 0.6 is 0 Å². The number of benzene rings is 1. The molecule has 1 aliphatic rings. The topological polar surface area (TPSA) is 109 Å². The van der Waals surface area contributed by atoms with Crippen LogP contribution in [0.2, 0.25) is 0 Å². The van der Waals surface area contributed by atoms with Crippen LogP contribution in [0.3, 0.4) is 0 Å². The zero-order valence-electron chi connectivity index (χ0n) is 11.1. The Hall–Kier alpha value is -2.09. The van der Waals surface area contributed by atoms with Crippen LogP contribution in [0.15, 0.2) is 23.0 Å². The highest BCUT2D eigenvalue weighted by Crippen LogP contribution is 2.22. The number of carbonyl (C=O) groups is 1. The van der Waals surface area contributed by atoms with Crippen LogP contribution in [0.4, 0.5) is 0 Å². The third kappa shape index (κ3) is 2.58. The number of aromatic amines is 1. The molecule has 3 rings (SSSR count). The molecular weight excluding hydrogens is 296 g/mol. The van der Waals surface area contributed by atoms with Gasteiger partial charge in [-0.05, 0) is 30.5 Å². The van der Waals surface area contributed by atoms with Gasteiger partial charge in [-0.25, -0.2) is 18.0 Å². The second-order valence-electron chi connectivity index (χ2n) is 5.35. The Bertz CT molecular complexity index is 878. The van der Waals surface area contributed by atoms with Crippen molar-refractivity contribution in [1.82, 2.24) is 9.55 Å². The number of imidazole rings is 1. The van der Waals surface area contributed by atoms with E-state index < -0.39 is 15.8 Å². The maximum absolute atomic E-state index is 12.0. The lowest BCUT2D eigenvalue weighted by Gasteiger charge is -2.09. The van der Waals surface area contributed by atoms with E-state index >= 15 is 0 Å². The smallest absolute Gasteiger partial charge is 0.335 e. The lowest BCUT2D eigenvalue weighted by molar-refractivity contribution is 0.0697. The molecule has 1 saturated heterocycles. The number of H-pyrrole nitrogens is 1. The largest absolute Gasteiger partial charge is 0.478 e. The van der Waals surface area contributed by atoms with Crippen LogP contribution in [0.5, 0.6) is 0 Å². The minimum atomic E-state index is -3.01. The molecule has 1 fully saturated rings. The first kappa shape index (κ1) is 13.9. The molecule has 1 unspecified atom stereocenters. The lowest BCUT2D eigenvalue weighted by Crippen LogP contribution is -2.22. The van der Waals surface area contributed by atoms with Crippen LogP contribution in [0.25, 0.3) is 11.0 Å². The molecule has 2 aromatic rings. The molecule has 8 heteroatoms. The first-order valence-corrected chi connectivity index (χ1v) is 8.34. The monoisotopic (exact) mass is 310 g/mol. The van der Waals surface area contributed by atoms with Crippen LogP contribution in [0.1, 0.15) is 16.8 Å². The van der Waals surface area contributed by atoms with E-state index in [-0.39, 0.29) is 35.2 Å². The van der Waals surface area contributed by atoms with Gasteiger partial charge in [0.05, 0.1) is 28.1 Å². The summed E-state index contributed by atoms with van der Waals surface area (Å²) < 4.78 is 24.4. The van der Waals surface area contributed by atoms with Crippen LogP contribution in [-0.2, 0) is 16.4 Å². The number of sulfone groups is 1. The fourth-order valence-electron chi connectivity index (χ4n) is 2.74. The van der Waals surface area contributed by atoms with Gasteiger partial charge in [-0.15, -0.1) is 0 Å². The summed E-state index contributed by atoms with van der Waals surface area (Å²) in [7, 11) is -3.01. The molecule has 2 N–H and O–H groups in total. The summed E-state index contributed by atoms with van der Waals surface area (Å²) in [5.74, 6) is -0.958. The Labute approximate surface area is 120 Å². The predicted octanol–water partition coefficient (Wildman–Crippen LogP) is 0.463. The fraction of sp³-hybridized carbons (Fsp3) is 0.385. The molecule has 112 valence electrons. The maximum Gasteiger partial charge on any atom is 0.335 e. The van der Waals surface area contributed by atoms with Gasteiger partial charge >= 0.3 is 11.7 Å². The fourth-order valence-corrected chi connectivity index (χ4v) is 4.59. The number of hydrogen-bond acceptors (Lipinski definition) is 4. The number of hydrogen-bond donors (Lipinski definition) is 2. The van der Waals surface area contributed by atoms with Crippen molar-refractivity contribution in [3.63, 3.8) is 0 Å². The molecule has 1 atom stereocenters. The Morgan fingerprint density at radius 1 is 1.43 bits per heavy atom. The summed E-state index contributed by atoms with van der Waals surface area (Å²) in [5.41, 5.74) is 0.779. The van der Waals surface area contributed by atoms with E-state index in [1.807, 2.05) is 0 Å². The van der Waals surface area contributed by atoms with E-state index in [0.29, 0.717) is 17.5 Å². The summed E-state index contributed by atoms with van der Waals surface area (Å²) in [6.07, 6.45) is 0.528. The average Bonchev–Trinajstić information content (AvgIpc) is 2.90. The van der Waals surface area contributed by atoms with E-state index in [0.717, 1.165) is 0 Å². The first-order chi connectivity index (χ1) is 9.85. The highest BCUT2D eigenvalue weighted by atomic mass is 32.2. The Morgan fingerprint density at radius 3 is 2.81 bits per heavy atom. The van der Waals surface area contributed by atoms with Crippen molar-refractivity contribution in [2.24, 2.45) is 5.92 Å². The second kappa shape index (κ2) is 4.73. The van der Waals surface area contributed by atoms with Gasteiger partial charge in [-0.1, -0.05) is 0 Å². The molecule has 0 radical (unpaired) electrons. The van der Waals surface area contributed by atoms with E-state index in [9.17, 15) is 18.0 Å². The average molecular weight is 310 g/mol. The maximum atomic E-state index is 12.0. The number of aromatic nitrogens is 2. The molecule has 0 saturated carbocycles. The molecular formula is C13H14N2O5S. The number of aromatic carboxylic acids is 1. The van der Waals surface area contributed by atoms with E-state index in [2.05, 4.69) is 4.98 Å². The quantitative estimate of drug-likeness (QED) is 0.856. The molecule has 21 heavy (non-hydrogen) atoms. The third-order valence-corrected chi connectivity index (χ3v) is 5.63. The minimum absolute atomic E-state index is 0.0741. The molecule has 1 aliphatic heterocycles. The molecule has 0 amide bonds. The molecule has 0 spiro atoms. The number of carboxylic acids is 1. The molecule has 1 aromatic carbocycles. The van der Waals surface area contributed by atoms with Crippen molar-refractivity contribution in [1.29, 1.82) is 0 Å². The van der Waals surface area contributed by atoms with E-state index in [1.54, 1.807) is 6.07 Å². The van der Waals surface area contributed by atoms with Gasteiger partial charge in [-0.3, -0.25) is 4.57 Å². The minimum Gasteiger partial charge on any atom is -0.478 e. The highest BCUT2D eigenvalue weighted by molar-refractivity contribution is 7.91.